The Hall–Kier alpha value is -3.35. The van der Waals surface area contributed by atoms with Crippen LogP contribution in [0.2, 0.25) is 0 Å². The van der Waals surface area contributed by atoms with E-state index in [1.165, 1.54) is 27.4 Å². The molecule has 1 heterocycles. The van der Waals surface area contributed by atoms with E-state index in [0.29, 0.717) is 46.3 Å². The maximum absolute atomic E-state index is 13.1. The van der Waals surface area contributed by atoms with Gasteiger partial charge in [0.25, 0.3) is 0 Å². The molecule has 1 aliphatic rings. The molecule has 2 aromatic rings. The molecule has 0 bridgehead atoms. The smallest absolute Gasteiger partial charge is 0.174 e. The Labute approximate surface area is 182 Å². The molecule has 0 saturated heterocycles. The zero-order valence-electron chi connectivity index (χ0n) is 18.7. The molecular weight excluding hydrogens is 400 g/mol. The van der Waals surface area contributed by atoms with Gasteiger partial charge >= 0.3 is 0 Å². The minimum atomic E-state index is -0.673. The van der Waals surface area contributed by atoms with Gasteiger partial charge in [0, 0.05) is 23.8 Å². The van der Waals surface area contributed by atoms with Gasteiger partial charge in [0.05, 0.1) is 40.4 Å². The summed E-state index contributed by atoms with van der Waals surface area (Å²) < 4.78 is 28.2. The van der Waals surface area contributed by atoms with Crippen molar-refractivity contribution >= 4 is 5.78 Å². The third-order valence-corrected chi connectivity index (χ3v) is 5.24. The fraction of sp³-hybridized carbons (Fsp3) is 0.375. The van der Waals surface area contributed by atoms with Gasteiger partial charge < -0.3 is 28.8 Å². The average Bonchev–Trinajstić information content (AvgIpc) is 2.76. The van der Waals surface area contributed by atoms with E-state index in [9.17, 15) is 9.90 Å². The third kappa shape index (κ3) is 4.26. The summed E-state index contributed by atoms with van der Waals surface area (Å²) in [5, 5.41) is 10.5. The number of aromatic hydroxyl groups is 1. The molecular formula is C24H28O7. The molecule has 1 atom stereocenters. The van der Waals surface area contributed by atoms with Crippen LogP contribution in [0.15, 0.2) is 29.8 Å². The molecule has 0 unspecified atom stereocenters. The Kier molecular flexibility index (Phi) is 6.63. The number of carbonyl (C=O) groups is 1. The first-order valence-electron chi connectivity index (χ1n) is 9.90. The van der Waals surface area contributed by atoms with Gasteiger partial charge in [0.15, 0.2) is 5.78 Å². The molecule has 0 amide bonds. The number of allylic oxidation sites excluding steroid dienone is 2. The lowest BCUT2D eigenvalue weighted by Crippen LogP contribution is -2.23. The zero-order chi connectivity index (χ0) is 22.7. The molecule has 31 heavy (non-hydrogen) atoms. The largest absolute Gasteiger partial charge is 0.507 e. The second kappa shape index (κ2) is 9.20. The van der Waals surface area contributed by atoms with E-state index in [1.54, 1.807) is 19.2 Å². The Morgan fingerprint density at radius 1 is 1.03 bits per heavy atom. The van der Waals surface area contributed by atoms with Gasteiger partial charge in [-0.25, -0.2) is 0 Å². The molecule has 0 aliphatic carbocycles. The van der Waals surface area contributed by atoms with Gasteiger partial charge in [-0.15, -0.1) is 0 Å². The maximum Gasteiger partial charge on any atom is 0.174 e. The van der Waals surface area contributed by atoms with E-state index in [1.807, 2.05) is 19.9 Å². The van der Waals surface area contributed by atoms with Gasteiger partial charge in [0.1, 0.15) is 46.2 Å². The molecule has 166 valence electrons. The summed E-state index contributed by atoms with van der Waals surface area (Å²) in [5.41, 5.74) is 2.57. The number of rotatable bonds is 7. The Morgan fingerprint density at radius 3 is 2.16 bits per heavy atom. The lowest BCUT2D eigenvalue weighted by atomic mass is 9.91. The highest BCUT2D eigenvalue weighted by Gasteiger charge is 2.36. The molecule has 0 spiro atoms. The zero-order valence-corrected chi connectivity index (χ0v) is 18.7. The number of phenols is 1. The predicted octanol–water partition coefficient (Wildman–Crippen LogP) is 4.64. The lowest BCUT2D eigenvalue weighted by molar-refractivity contribution is 0.0835. The molecule has 0 aromatic heterocycles. The number of benzene rings is 2. The number of Topliss-reactive ketones (excluding diaryl/α,β-unsaturated/α-hetero) is 1. The summed E-state index contributed by atoms with van der Waals surface area (Å²) >= 11 is 0. The summed E-state index contributed by atoms with van der Waals surface area (Å²) in [5.74, 6) is 1.90. The summed E-state index contributed by atoms with van der Waals surface area (Å²) in [7, 11) is 6.14. The van der Waals surface area contributed by atoms with E-state index in [4.69, 9.17) is 23.7 Å². The second-order valence-electron chi connectivity index (χ2n) is 7.45. The van der Waals surface area contributed by atoms with E-state index in [2.05, 4.69) is 0 Å². The first kappa shape index (κ1) is 22.3. The van der Waals surface area contributed by atoms with Gasteiger partial charge in [-0.3, -0.25) is 4.79 Å². The summed E-state index contributed by atoms with van der Waals surface area (Å²) in [4.78, 5) is 13.1. The van der Waals surface area contributed by atoms with Crippen molar-refractivity contribution in [2.45, 2.75) is 32.8 Å². The van der Waals surface area contributed by atoms with Crippen molar-refractivity contribution in [3.63, 3.8) is 0 Å². The van der Waals surface area contributed by atoms with E-state index >= 15 is 0 Å². The van der Waals surface area contributed by atoms with Crippen LogP contribution in [0, 0.1) is 0 Å². The molecule has 2 aromatic carbocycles. The van der Waals surface area contributed by atoms with E-state index in [-0.39, 0.29) is 23.5 Å². The van der Waals surface area contributed by atoms with Crippen molar-refractivity contribution in [3.05, 3.63) is 46.5 Å². The number of hydrogen-bond acceptors (Lipinski definition) is 7. The minimum absolute atomic E-state index is 0.0218. The molecule has 1 aliphatic heterocycles. The average molecular weight is 428 g/mol. The van der Waals surface area contributed by atoms with Crippen LogP contribution < -0.4 is 23.7 Å². The van der Waals surface area contributed by atoms with Crippen LogP contribution in [0.5, 0.6) is 34.5 Å². The molecule has 1 N–H and O–H groups in total. The number of fused-ring (bicyclic) bond motifs is 1. The summed E-state index contributed by atoms with van der Waals surface area (Å²) in [6, 6.07) is 4.89. The fourth-order valence-corrected chi connectivity index (χ4v) is 3.71. The maximum atomic E-state index is 13.1. The standard InChI is InChI=1S/C24H28O7/c1-13(2)7-8-15-18(28-4)11-16(25)22-17(26)12-21(31-24(15)22)23-19(29-5)9-14(27-3)10-20(23)30-6/h7,9-11,21,25H,8,12H2,1-6H3/t21-/m0/s1. The Balaban J connectivity index is 2.18. The van der Waals surface area contributed by atoms with Crippen molar-refractivity contribution in [2.75, 3.05) is 28.4 Å². The van der Waals surface area contributed by atoms with Crippen molar-refractivity contribution in [1.29, 1.82) is 0 Å². The van der Waals surface area contributed by atoms with Crippen LogP contribution in [0.3, 0.4) is 0 Å². The van der Waals surface area contributed by atoms with Crippen molar-refractivity contribution in [3.8, 4) is 34.5 Å². The van der Waals surface area contributed by atoms with Crippen LogP contribution in [0.4, 0.5) is 0 Å². The van der Waals surface area contributed by atoms with Gasteiger partial charge in [0.2, 0.25) is 0 Å². The number of ketones is 1. The molecule has 7 nitrogen and oxygen atoms in total. The lowest BCUT2D eigenvalue weighted by Gasteiger charge is -2.30. The molecule has 0 saturated carbocycles. The summed E-state index contributed by atoms with van der Waals surface area (Å²) in [6.07, 6.45) is 1.85. The SMILES string of the molecule is COc1cc(OC)c([C@@H]2CC(=O)c3c(O)cc(OC)c(CC=C(C)C)c3O2)c(OC)c1. The predicted molar refractivity (Wildman–Crippen MR) is 116 cm³/mol. The number of phenolic OH excluding ortho intramolecular Hbond substituents is 1. The molecule has 7 heteroatoms. The third-order valence-electron chi connectivity index (χ3n) is 5.24. The van der Waals surface area contributed by atoms with Crippen molar-refractivity contribution in [1.82, 2.24) is 0 Å². The molecule has 3 rings (SSSR count). The van der Waals surface area contributed by atoms with Crippen LogP contribution in [0.1, 0.15) is 47.9 Å². The van der Waals surface area contributed by atoms with Crippen LogP contribution in [0.25, 0.3) is 0 Å². The highest BCUT2D eigenvalue weighted by Crippen LogP contribution is 2.49. The number of carbonyl (C=O) groups excluding carboxylic acids is 1. The van der Waals surface area contributed by atoms with Crippen molar-refractivity contribution < 1.29 is 33.6 Å². The second-order valence-corrected chi connectivity index (χ2v) is 7.45. The highest BCUT2D eigenvalue weighted by molar-refractivity contribution is 6.03. The number of ether oxygens (including phenoxy) is 5. The topological polar surface area (TPSA) is 83.5 Å². The van der Waals surface area contributed by atoms with Crippen LogP contribution in [-0.2, 0) is 6.42 Å². The fourth-order valence-electron chi connectivity index (χ4n) is 3.71. The highest BCUT2D eigenvalue weighted by atomic mass is 16.5. The van der Waals surface area contributed by atoms with Crippen LogP contribution >= 0.6 is 0 Å². The normalized spacial score (nSPS) is 14.9. The quantitative estimate of drug-likeness (QED) is 0.643. The monoisotopic (exact) mass is 428 g/mol. The number of hydrogen-bond donors (Lipinski definition) is 1. The summed E-state index contributed by atoms with van der Waals surface area (Å²) in [6.45, 7) is 3.97. The van der Waals surface area contributed by atoms with Gasteiger partial charge in [-0.1, -0.05) is 11.6 Å². The van der Waals surface area contributed by atoms with E-state index in [0.717, 1.165) is 5.57 Å². The van der Waals surface area contributed by atoms with Gasteiger partial charge in [-0.05, 0) is 20.3 Å². The number of methoxy groups -OCH3 is 4. The van der Waals surface area contributed by atoms with E-state index < -0.39 is 6.10 Å². The van der Waals surface area contributed by atoms with Crippen molar-refractivity contribution in [2.24, 2.45) is 0 Å². The molecule has 0 radical (unpaired) electrons. The molecule has 0 fully saturated rings. The first-order valence-corrected chi connectivity index (χ1v) is 9.90. The van der Waals surface area contributed by atoms with Gasteiger partial charge in [-0.2, -0.15) is 0 Å². The van der Waals surface area contributed by atoms with Crippen LogP contribution in [-0.4, -0.2) is 39.3 Å². The minimum Gasteiger partial charge on any atom is -0.507 e. The Morgan fingerprint density at radius 2 is 1.65 bits per heavy atom. The first-order chi connectivity index (χ1) is 14.8. The Bertz CT molecular complexity index is 994.